The van der Waals surface area contributed by atoms with Crippen LogP contribution in [0.1, 0.15) is 23.8 Å². The van der Waals surface area contributed by atoms with E-state index < -0.39 is 5.97 Å². The maximum absolute atomic E-state index is 11.9. The summed E-state index contributed by atoms with van der Waals surface area (Å²) in [6.45, 7) is 2.41. The second-order valence-electron chi connectivity index (χ2n) is 3.51. The lowest BCUT2D eigenvalue weighted by atomic mass is 10.3. The Balaban J connectivity index is 2.71. The monoisotopic (exact) mass is 237 g/mol. The Kier molecular flexibility index (Phi) is 4.45. The summed E-state index contributed by atoms with van der Waals surface area (Å²) in [6.07, 6.45) is 1.33. The molecule has 6 heteroatoms. The van der Waals surface area contributed by atoms with E-state index >= 15 is 0 Å². The highest BCUT2D eigenvalue weighted by atomic mass is 16.4. The molecular formula is C11H15N3O3. The Hall–Kier alpha value is -2.11. The average molecular weight is 237 g/mol. The number of carbonyl (C=O) groups is 2. The van der Waals surface area contributed by atoms with Crippen LogP contribution >= 0.6 is 0 Å². The van der Waals surface area contributed by atoms with Crippen molar-refractivity contribution in [3.63, 3.8) is 0 Å². The third-order valence-electron chi connectivity index (χ3n) is 2.27. The first-order valence-electron chi connectivity index (χ1n) is 5.27. The predicted octanol–water partition coefficient (Wildman–Crippen LogP) is 0.601. The molecule has 0 radical (unpaired) electrons. The van der Waals surface area contributed by atoms with Crippen LogP contribution in [0.4, 0.5) is 5.69 Å². The molecule has 6 nitrogen and oxygen atoms in total. The Labute approximate surface area is 99.1 Å². The number of carboxylic acid groups (broad SMARTS) is 1. The molecule has 0 bridgehead atoms. The third-order valence-corrected chi connectivity index (χ3v) is 2.27. The van der Waals surface area contributed by atoms with E-state index in [0.717, 1.165) is 0 Å². The van der Waals surface area contributed by atoms with Crippen molar-refractivity contribution in [3.05, 3.63) is 24.0 Å². The number of nitrogens with two attached hydrogens (primary N) is 1. The first kappa shape index (κ1) is 13.0. The number of amides is 1. The minimum Gasteiger partial charge on any atom is -0.481 e. The molecule has 0 unspecified atom stereocenters. The molecule has 92 valence electrons. The number of aliphatic carboxylic acids is 1. The maximum Gasteiger partial charge on any atom is 0.305 e. The van der Waals surface area contributed by atoms with Gasteiger partial charge in [0.1, 0.15) is 5.69 Å². The van der Waals surface area contributed by atoms with Crippen molar-refractivity contribution in [2.24, 2.45) is 0 Å². The van der Waals surface area contributed by atoms with Crippen molar-refractivity contribution in [3.8, 4) is 0 Å². The quantitative estimate of drug-likeness (QED) is 0.781. The van der Waals surface area contributed by atoms with E-state index in [4.69, 9.17) is 10.8 Å². The normalized spacial score (nSPS) is 9.94. The zero-order valence-electron chi connectivity index (χ0n) is 9.59. The van der Waals surface area contributed by atoms with E-state index in [2.05, 4.69) is 4.98 Å². The number of pyridine rings is 1. The molecule has 0 aromatic carbocycles. The molecule has 0 saturated carbocycles. The number of nitrogen functional groups attached to an aromatic ring is 1. The minimum absolute atomic E-state index is 0.0748. The summed E-state index contributed by atoms with van der Waals surface area (Å²) < 4.78 is 0. The number of nitrogens with zero attached hydrogens (tertiary/aromatic N) is 2. The van der Waals surface area contributed by atoms with Gasteiger partial charge in [-0.3, -0.25) is 9.59 Å². The van der Waals surface area contributed by atoms with Crippen LogP contribution in [0.3, 0.4) is 0 Å². The molecule has 0 spiro atoms. The van der Waals surface area contributed by atoms with Gasteiger partial charge >= 0.3 is 5.97 Å². The number of aromatic nitrogens is 1. The summed E-state index contributed by atoms with van der Waals surface area (Å²) in [5.74, 6) is -1.21. The van der Waals surface area contributed by atoms with Crippen LogP contribution in [0.5, 0.6) is 0 Å². The second kappa shape index (κ2) is 5.83. The molecule has 17 heavy (non-hydrogen) atoms. The van der Waals surface area contributed by atoms with Gasteiger partial charge in [-0.05, 0) is 19.1 Å². The zero-order valence-corrected chi connectivity index (χ0v) is 9.59. The summed E-state index contributed by atoms with van der Waals surface area (Å²) in [7, 11) is 0. The first-order chi connectivity index (χ1) is 8.04. The van der Waals surface area contributed by atoms with Crippen molar-refractivity contribution >= 4 is 17.6 Å². The van der Waals surface area contributed by atoms with E-state index in [1.807, 2.05) is 0 Å². The largest absolute Gasteiger partial charge is 0.481 e. The van der Waals surface area contributed by atoms with Gasteiger partial charge in [-0.2, -0.15) is 0 Å². The van der Waals surface area contributed by atoms with Gasteiger partial charge in [0.15, 0.2) is 0 Å². The van der Waals surface area contributed by atoms with Gasteiger partial charge in [0.25, 0.3) is 5.91 Å². The van der Waals surface area contributed by atoms with Gasteiger partial charge in [0, 0.05) is 13.1 Å². The number of carboxylic acids is 1. The fourth-order valence-corrected chi connectivity index (χ4v) is 1.33. The average Bonchev–Trinajstić information content (AvgIpc) is 2.30. The topological polar surface area (TPSA) is 96.5 Å². The van der Waals surface area contributed by atoms with Crippen LogP contribution < -0.4 is 5.73 Å². The fourth-order valence-electron chi connectivity index (χ4n) is 1.33. The Morgan fingerprint density at radius 1 is 1.47 bits per heavy atom. The molecule has 0 atom stereocenters. The van der Waals surface area contributed by atoms with Gasteiger partial charge < -0.3 is 15.7 Å². The lowest BCUT2D eigenvalue weighted by molar-refractivity contribution is -0.137. The smallest absolute Gasteiger partial charge is 0.305 e. The SMILES string of the molecule is CCN(CCC(=O)O)C(=O)c1ccc(N)cn1. The molecule has 0 aliphatic heterocycles. The summed E-state index contributed by atoms with van der Waals surface area (Å²) >= 11 is 0. The van der Waals surface area contributed by atoms with E-state index in [1.165, 1.54) is 17.2 Å². The number of rotatable bonds is 5. The van der Waals surface area contributed by atoms with Crippen molar-refractivity contribution in [1.29, 1.82) is 0 Å². The van der Waals surface area contributed by atoms with E-state index in [1.54, 1.807) is 13.0 Å². The fraction of sp³-hybridized carbons (Fsp3) is 0.364. The summed E-state index contributed by atoms with van der Waals surface area (Å²) in [6, 6.07) is 3.12. The van der Waals surface area contributed by atoms with Gasteiger partial charge in [-0.1, -0.05) is 0 Å². The highest BCUT2D eigenvalue weighted by Crippen LogP contribution is 2.05. The third kappa shape index (κ3) is 3.75. The van der Waals surface area contributed by atoms with Crippen LogP contribution in [-0.4, -0.2) is 40.0 Å². The van der Waals surface area contributed by atoms with Gasteiger partial charge in [0.05, 0.1) is 18.3 Å². The molecule has 0 fully saturated rings. The molecule has 0 aliphatic rings. The van der Waals surface area contributed by atoms with Crippen molar-refractivity contribution < 1.29 is 14.7 Å². The van der Waals surface area contributed by atoms with Crippen LogP contribution in [0.15, 0.2) is 18.3 Å². The van der Waals surface area contributed by atoms with Crippen LogP contribution in [-0.2, 0) is 4.79 Å². The first-order valence-corrected chi connectivity index (χ1v) is 5.27. The zero-order chi connectivity index (χ0) is 12.8. The molecule has 1 aromatic heterocycles. The molecule has 1 heterocycles. The summed E-state index contributed by atoms with van der Waals surface area (Å²) in [5, 5.41) is 8.58. The lowest BCUT2D eigenvalue weighted by Gasteiger charge is -2.19. The highest BCUT2D eigenvalue weighted by molar-refractivity contribution is 5.92. The predicted molar refractivity (Wildman–Crippen MR) is 62.5 cm³/mol. The van der Waals surface area contributed by atoms with Crippen LogP contribution in [0.25, 0.3) is 0 Å². The van der Waals surface area contributed by atoms with Crippen molar-refractivity contribution in [2.75, 3.05) is 18.8 Å². The minimum atomic E-state index is -0.929. The highest BCUT2D eigenvalue weighted by Gasteiger charge is 2.15. The molecule has 1 rings (SSSR count). The second-order valence-corrected chi connectivity index (χ2v) is 3.51. The molecule has 0 saturated heterocycles. The standard InChI is InChI=1S/C11H15N3O3/c1-2-14(6-5-10(15)16)11(17)9-4-3-8(12)7-13-9/h3-4,7H,2,5-6,12H2,1H3,(H,15,16). The van der Waals surface area contributed by atoms with E-state index in [-0.39, 0.29) is 24.6 Å². The molecule has 1 amide bonds. The van der Waals surface area contributed by atoms with Crippen LogP contribution in [0.2, 0.25) is 0 Å². The Bertz CT molecular complexity index is 403. The molecule has 1 aromatic rings. The molecule has 3 N–H and O–H groups in total. The van der Waals surface area contributed by atoms with Gasteiger partial charge in [0.2, 0.25) is 0 Å². The Morgan fingerprint density at radius 2 is 2.18 bits per heavy atom. The van der Waals surface area contributed by atoms with E-state index in [0.29, 0.717) is 12.2 Å². The lowest BCUT2D eigenvalue weighted by Crippen LogP contribution is -2.33. The Morgan fingerprint density at radius 3 is 2.65 bits per heavy atom. The maximum atomic E-state index is 11.9. The number of carbonyl (C=O) groups excluding carboxylic acids is 1. The number of hydrogen-bond donors (Lipinski definition) is 2. The number of hydrogen-bond acceptors (Lipinski definition) is 4. The van der Waals surface area contributed by atoms with Crippen LogP contribution in [0, 0.1) is 0 Å². The van der Waals surface area contributed by atoms with Crippen molar-refractivity contribution in [1.82, 2.24) is 9.88 Å². The van der Waals surface area contributed by atoms with Crippen molar-refractivity contribution in [2.45, 2.75) is 13.3 Å². The number of anilines is 1. The molecule has 0 aliphatic carbocycles. The summed E-state index contributed by atoms with van der Waals surface area (Å²) in [5.41, 5.74) is 6.22. The van der Waals surface area contributed by atoms with Gasteiger partial charge in [-0.15, -0.1) is 0 Å². The van der Waals surface area contributed by atoms with E-state index in [9.17, 15) is 9.59 Å². The molecular weight excluding hydrogens is 222 g/mol. The van der Waals surface area contributed by atoms with Gasteiger partial charge in [-0.25, -0.2) is 4.98 Å². The summed E-state index contributed by atoms with van der Waals surface area (Å²) in [4.78, 5) is 27.7.